The first-order valence-electron chi connectivity index (χ1n) is 18.4. The van der Waals surface area contributed by atoms with Gasteiger partial charge in [-0.2, -0.15) is 0 Å². The van der Waals surface area contributed by atoms with Crippen LogP contribution < -0.4 is 14.8 Å². The predicted octanol–water partition coefficient (Wildman–Crippen LogP) is 10.7. The number of carbonyl (C=O) groups excluding carboxylic acids is 1. The van der Waals surface area contributed by atoms with Crippen LogP contribution in [-0.2, 0) is 24.4 Å². The Morgan fingerprint density at radius 3 is 2.16 bits per heavy atom. The van der Waals surface area contributed by atoms with Gasteiger partial charge in [0.05, 0.1) is 11.2 Å². The van der Waals surface area contributed by atoms with E-state index in [9.17, 15) is 4.79 Å². The van der Waals surface area contributed by atoms with Gasteiger partial charge in [0.25, 0.3) is 0 Å². The Balaban J connectivity index is 0.00000336. The first kappa shape index (κ1) is 43.2. The Morgan fingerprint density at radius 1 is 0.855 bits per heavy atom. The lowest BCUT2D eigenvalue weighted by Gasteiger charge is -2.34. The average molecular weight is 802 g/mol. The summed E-state index contributed by atoms with van der Waals surface area (Å²) in [5.74, 6) is 2.15. The van der Waals surface area contributed by atoms with Gasteiger partial charge in [-0.25, -0.2) is 4.98 Å². The van der Waals surface area contributed by atoms with Crippen molar-refractivity contribution in [1.29, 1.82) is 0 Å². The zero-order chi connectivity index (χ0) is 37.2. The van der Waals surface area contributed by atoms with Crippen molar-refractivity contribution >= 4 is 54.1 Å². The van der Waals surface area contributed by atoms with Gasteiger partial charge in [-0.1, -0.05) is 91.7 Å². The summed E-state index contributed by atoms with van der Waals surface area (Å²) in [5.41, 5.74) is 9.12. The first-order valence-corrected chi connectivity index (χ1v) is 18.8. The van der Waals surface area contributed by atoms with Crippen LogP contribution in [0.25, 0.3) is 6.08 Å². The first-order chi connectivity index (χ1) is 25.7. The molecule has 7 nitrogen and oxygen atoms in total. The van der Waals surface area contributed by atoms with E-state index in [-0.39, 0.29) is 30.7 Å². The molecule has 0 unspecified atom stereocenters. The van der Waals surface area contributed by atoms with Gasteiger partial charge in [0.1, 0.15) is 12.4 Å². The molecule has 0 radical (unpaired) electrons. The van der Waals surface area contributed by atoms with Crippen LogP contribution in [0.5, 0.6) is 17.4 Å². The summed E-state index contributed by atoms with van der Waals surface area (Å²) in [6.07, 6.45) is 6.06. The molecule has 5 aromatic rings. The van der Waals surface area contributed by atoms with E-state index in [0.29, 0.717) is 48.0 Å². The predicted molar refractivity (Wildman–Crippen MR) is 231 cm³/mol. The molecule has 4 aromatic carbocycles. The van der Waals surface area contributed by atoms with Crippen LogP contribution >= 0.6 is 36.4 Å². The highest BCUT2D eigenvalue weighted by Crippen LogP contribution is 2.34. The maximum Gasteiger partial charge on any atom is 0.246 e. The number of amides is 1. The number of aromatic nitrogens is 1. The summed E-state index contributed by atoms with van der Waals surface area (Å²) in [6.45, 7) is 13.7. The molecule has 55 heavy (non-hydrogen) atoms. The summed E-state index contributed by atoms with van der Waals surface area (Å²) in [5, 5.41) is 3.98. The lowest BCUT2D eigenvalue weighted by molar-refractivity contribution is -0.127. The molecule has 0 spiro atoms. The molecule has 2 heterocycles. The Bertz CT molecular complexity index is 1950. The van der Waals surface area contributed by atoms with E-state index >= 15 is 0 Å². The fourth-order valence-corrected chi connectivity index (χ4v) is 6.57. The third kappa shape index (κ3) is 12.8. The Morgan fingerprint density at radius 2 is 1.53 bits per heavy atom. The maximum atomic E-state index is 13.1. The van der Waals surface area contributed by atoms with Crippen molar-refractivity contribution in [3.63, 3.8) is 0 Å². The number of nitrogens with zero attached hydrogens (tertiary/aromatic N) is 3. The van der Waals surface area contributed by atoms with Gasteiger partial charge in [0.15, 0.2) is 5.75 Å². The largest absolute Gasteiger partial charge is 0.487 e. The van der Waals surface area contributed by atoms with E-state index in [0.717, 1.165) is 55.0 Å². The number of ether oxygens (including phenoxy) is 2. The second kappa shape index (κ2) is 21.0. The van der Waals surface area contributed by atoms with Gasteiger partial charge in [-0.15, -0.1) is 24.8 Å². The molecule has 1 aromatic heterocycles. The normalized spacial score (nSPS) is 12.9. The minimum atomic E-state index is 0. The minimum absolute atomic E-state index is 0. The van der Waals surface area contributed by atoms with Crippen molar-refractivity contribution in [1.82, 2.24) is 14.8 Å². The molecule has 1 saturated heterocycles. The molecule has 0 aliphatic carbocycles. The quantitative estimate of drug-likeness (QED) is 0.113. The van der Waals surface area contributed by atoms with Gasteiger partial charge < -0.3 is 19.7 Å². The highest BCUT2D eigenvalue weighted by atomic mass is 35.5. The van der Waals surface area contributed by atoms with Gasteiger partial charge in [-0.3, -0.25) is 9.69 Å². The number of hydrogen-bond acceptors (Lipinski definition) is 6. The molecule has 1 amide bonds. The summed E-state index contributed by atoms with van der Waals surface area (Å²) in [4.78, 5) is 21.8. The molecule has 0 saturated carbocycles. The second-order valence-corrected chi connectivity index (χ2v) is 14.5. The number of hydrogen-bond donors (Lipinski definition) is 1. The van der Waals surface area contributed by atoms with Gasteiger partial charge in [0.2, 0.25) is 11.8 Å². The summed E-state index contributed by atoms with van der Waals surface area (Å²) in [6, 6.07) is 33.2. The molecule has 0 atom stereocenters. The number of nitrogens with one attached hydrogen (secondary N) is 1. The number of aryl methyl sites for hydroxylation is 2. The highest BCUT2D eigenvalue weighted by molar-refractivity contribution is 6.32. The zero-order valence-corrected chi connectivity index (χ0v) is 34.4. The molecule has 10 heteroatoms. The third-order valence-corrected chi connectivity index (χ3v) is 9.83. The van der Waals surface area contributed by atoms with Crippen LogP contribution in [0.1, 0.15) is 58.7 Å². The number of piperazine rings is 1. The number of pyridine rings is 1. The fourth-order valence-electron chi connectivity index (χ4n) is 6.26. The molecular weight excluding hydrogens is 751 g/mol. The van der Waals surface area contributed by atoms with Crippen molar-refractivity contribution in [2.75, 3.05) is 38.0 Å². The molecule has 6 rings (SSSR count). The minimum Gasteiger partial charge on any atom is -0.487 e. The maximum absolute atomic E-state index is 13.1. The van der Waals surface area contributed by atoms with Crippen molar-refractivity contribution in [2.45, 2.75) is 53.2 Å². The van der Waals surface area contributed by atoms with Crippen molar-refractivity contribution in [3.8, 4) is 17.4 Å². The Hall–Kier alpha value is -4.53. The van der Waals surface area contributed by atoms with E-state index in [1.165, 1.54) is 22.3 Å². The summed E-state index contributed by atoms with van der Waals surface area (Å²) >= 11 is 6.64. The van der Waals surface area contributed by atoms with E-state index < -0.39 is 0 Å². The monoisotopic (exact) mass is 800 g/mol. The molecule has 1 aliphatic heterocycles. The van der Waals surface area contributed by atoms with Gasteiger partial charge in [-0.05, 0) is 96.0 Å². The smallest absolute Gasteiger partial charge is 0.246 e. The summed E-state index contributed by atoms with van der Waals surface area (Å²) < 4.78 is 11.9. The Labute approximate surface area is 343 Å². The van der Waals surface area contributed by atoms with E-state index in [2.05, 4.69) is 109 Å². The van der Waals surface area contributed by atoms with Crippen molar-refractivity contribution < 1.29 is 14.3 Å². The molecule has 1 fully saturated rings. The molecule has 1 aliphatic rings. The molecule has 290 valence electrons. The Kier molecular flexibility index (Phi) is 16.5. The number of rotatable bonds is 14. The molecular formula is C45H51Cl3N4O3. The van der Waals surface area contributed by atoms with Gasteiger partial charge in [0, 0.05) is 57.1 Å². The van der Waals surface area contributed by atoms with Crippen LogP contribution in [0.15, 0.2) is 109 Å². The summed E-state index contributed by atoms with van der Waals surface area (Å²) in [7, 11) is 0. The van der Waals surface area contributed by atoms with Crippen LogP contribution in [-0.4, -0.2) is 53.4 Å². The van der Waals surface area contributed by atoms with Crippen LogP contribution in [0.4, 0.5) is 5.69 Å². The number of halogens is 3. The lowest BCUT2D eigenvalue weighted by Crippen LogP contribution is -2.47. The van der Waals surface area contributed by atoms with E-state index in [4.69, 9.17) is 21.1 Å². The van der Waals surface area contributed by atoms with Crippen molar-refractivity contribution in [3.05, 3.63) is 153 Å². The topological polar surface area (TPSA) is 66.9 Å². The lowest BCUT2D eigenvalue weighted by atomic mass is 10.0. The number of carbonyl (C=O) groups is 1. The number of benzene rings is 4. The van der Waals surface area contributed by atoms with Crippen molar-refractivity contribution in [2.24, 2.45) is 0 Å². The standard InChI is InChI=1S/C45H49ClN4O3.2ClH/c1-32(2)39-14-16-40(17-15-39)47-22-21-35-9-11-36(12-10-35)30-49-23-25-50(26-24-49)44(51)20-13-38-27-34(4)45(42(46)28-38)53-43-19-18-41(29-48-43)52-31-37-7-5-33(3)6-8-37;;/h5-20,27-29,32,47H,21-26,30-31H2,1-4H3;2*1H/b20-13+;;. The van der Waals surface area contributed by atoms with Crippen LogP contribution in [0.2, 0.25) is 5.02 Å². The SMILES string of the molecule is Cc1ccc(COc2ccc(Oc3c(C)cc(/C=C/C(=O)N4CCN(Cc5ccc(CCNc6ccc(C(C)C)cc6)cc5)CC4)cc3Cl)nc2)cc1.Cl.Cl. The van der Waals surface area contributed by atoms with Crippen LogP contribution in [0.3, 0.4) is 0 Å². The third-order valence-electron chi connectivity index (χ3n) is 9.55. The second-order valence-electron chi connectivity index (χ2n) is 14.1. The molecule has 0 bridgehead atoms. The van der Waals surface area contributed by atoms with E-state index in [1.807, 2.05) is 30.0 Å². The van der Waals surface area contributed by atoms with Gasteiger partial charge >= 0.3 is 0 Å². The molecule has 1 N–H and O–H groups in total. The highest BCUT2D eigenvalue weighted by Gasteiger charge is 2.20. The van der Waals surface area contributed by atoms with E-state index in [1.54, 1.807) is 24.4 Å². The average Bonchev–Trinajstić information content (AvgIpc) is 3.17. The number of anilines is 1. The fraction of sp³-hybridized carbons (Fsp3) is 0.289. The zero-order valence-electron chi connectivity index (χ0n) is 32.0. The van der Waals surface area contributed by atoms with Crippen LogP contribution in [0, 0.1) is 13.8 Å².